The van der Waals surface area contributed by atoms with Gasteiger partial charge < -0.3 is 9.64 Å². The molecule has 0 aliphatic carbocycles. The fourth-order valence-electron chi connectivity index (χ4n) is 2.85. The van der Waals surface area contributed by atoms with Crippen molar-refractivity contribution in [2.75, 3.05) is 30.7 Å². The predicted octanol–water partition coefficient (Wildman–Crippen LogP) is 2.57. The normalized spacial score (nSPS) is 16.7. The number of hydrogen-bond donors (Lipinski definition) is 0. The molecule has 0 spiro atoms. The zero-order valence-electron chi connectivity index (χ0n) is 14.7. The van der Waals surface area contributed by atoms with E-state index in [2.05, 4.69) is 9.97 Å². The summed E-state index contributed by atoms with van der Waals surface area (Å²) in [5.74, 6) is 0.506. The summed E-state index contributed by atoms with van der Waals surface area (Å²) in [5.41, 5.74) is 1.70. The van der Waals surface area contributed by atoms with Crippen molar-refractivity contribution in [2.24, 2.45) is 0 Å². The van der Waals surface area contributed by atoms with E-state index in [1.54, 1.807) is 37.5 Å². The number of carbonyl (C=O) groups is 1. The lowest BCUT2D eigenvalue weighted by Crippen LogP contribution is -2.32. The second kappa shape index (κ2) is 7.58. The van der Waals surface area contributed by atoms with E-state index in [0.29, 0.717) is 16.9 Å². The monoisotopic (exact) mass is 342 g/mol. The van der Waals surface area contributed by atoms with Crippen LogP contribution in [-0.4, -0.2) is 42.9 Å². The van der Waals surface area contributed by atoms with Gasteiger partial charge in [-0.05, 0) is 44.0 Å². The maximum atomic E-state index is 12.7. The molecule has 1 aliphatic rings. The Morgan fingerprint density at radius 1 is 1.32 bits per heavy atom. The molecule has 3 heterocycles. The molecule has 1 aliphatic heterocycles. The topological polar surface area (TPSA) is 67.8 Å². The number of aryl methyl sites for hydroxylation is 1. The van der Waals surface area contributed by atoms with E-state index in [4.69, 9.17) is 9.57 Å². The third kappa shape index (κ3) is 3.62. The molecular weight excluding hydrogens is 320 g/mol. The fraction of sp³-hybridized carbons (Fsp3) is 0.389. The molecule has 0 bridgehead atoms. The lowest BCUT2D eigenvalue weighted by molar-refractivity contribution is 0.0772. The Balaban J connectivity index is 1.79. The molecule has 0 aromatic carbocycles. The number of aromatic nitrogens is 2. The Hall–Kier alpha value is -2.51. The van der Waals surface area contributed by atoms with Gasteiger partial charge in [-0.2, -0.15) is 5.06 Å². The van der Waals surface area contributed by atoms with E-state index in [9.17, 15) is 4.79 Å². The molecule has 7 heteroatoms. The maximum absolute atomic E-state index is 12.7. The highest BCUT2D eigenvalue weighted by Gasteiger charge is 2.23. The van der Waals surface area contributed by atoms with E-state index >= 15 is 0 Å². The number of nitrogens with zero attached hydrogens (tertiary/aromatic N) is 4. The van der Waals surface area contributed by atoms with Gasteiger partial charge in [-0.15, -0.1) is 0 Å². The predicted molar refractivity (Wildman–Crippen MR) is 94.4 cm³/mol. The van der Waals surface area contributed by atoms with Crippen LogP contribution < -0.4 is 9.96 Å². The van der Waals surface area contributed by atoms with Crippen LogP contribution >= 0.6 is 0 Å². The van der Waals surface area contributed by atoms with Gasteiger partial charge in [-0.1, -0.05) is 0 Å². The van der Waals surface area contributed by atoms with Crippen molar-refractivity contribution >= 4 is 17.4 Å². The third-order valence-electron chi connectivity index (χ3n) is 4.27. The molecule has 2 aromatic rings. The van der Waals surface area contributed by atoms with Crippen LogP contribution in [0.4, 0.5) is 11.5 Å². The minimum Gasteiger partial charge on any atom is -0.358 e. The summed E-state index contributed by atoms with van der Waals surface area (Å²) in [4.78, 5) is 28.6. The highest BCUT2D eigenvalue weighted by Crippen LogP contribution is 2.24. The SMILES string of the molecule is CON(C(=O)c1cccnc1C)c1ccc(N(C)C2CCCO2)nc1. The van der Waals surface area contributed by atoms with Crippen LogP contribution in [0.2, 0.25) is 0 Å². The summed E-state index contributed by atoms with van der Waals surface area (Å²) in [6.45, 7) is 2.57. The van der Waals surface area contributed by atoms with Crippen LogP contribution in [0.25, 0.3) is 0 Å². The average molecular weight is 342 g/mol. The largest absolute Gasteiger partial charge is 0.358 e. The molecule has 2 aromatic heterocycles. The summed E-state index contributed by atoms with van der Waals surface area (Å²) in [6, 6.07) is 7.11. The molecule has 0 N–H and O–H groups in total. The molecule has 7 nitrogen and oxygen atoms in total. The molecule has 132 valence electrons. The van der Waals surface area contributed by atoms with Crippen LogP contribution in [0.15, 0.2) is 36.7 Å². The molecule has 1 amide bonds. The standard InChI is InChI=1S/C18H22N4O3/c1-13-15(6-4-10-19-13)18(23)22(24-3)14-8-9-16(20-12-14)21(2)17-7-5-11-25-17/h4,6,8-10,12,17H,5,7,11H2,1-3H3. The number of rotatable bonds is 5. The Morgan fingerprint density at radius 2 is 2.16 bits per heavy atom. The molecule has 25 heavy (non-hydrogen) atoms. The lowest BCUT2D eigenvalue weighted by Gasteiger charge is -2.25. The van der Waals surface area contributed by atoms with Gasteiger partial charge in [0.15, 0.2) is 0 Å². The van der Waals surface area contributed by atoms with Gasteiger partial charge in [0.1, 0.15) is 12.0 Å². The van der Waals surface area contributed by atoms with Gasteiger partial charge in [0.25, 0.3) is 5.91 Å². The van der Waals surface area contributed by atoms with E-state index in [1.807, 2.05) is 18.0 Å². The molecule has 1 saturated heterocycles. The first-order chi connectivity index (χ1) is 12.1. The Kier molecular flexibility index (Phi) is 5.25. The van der Waals surface area contributed by atoms with Crippen LogP contribution in [-0.2, 0) is 9.57 Å². The van der Waals surface area contributed by atoms with E-state index in [1.165, 1.54) is 12.2 Å². The maximum Gasteiger partial charge on any atom is 0.284 e. The molecule has 0 saturated carbocycles. The van der Waals surface area contributed by atoms with E-state index < -0.39 is 0 Å². The number of hydroxylamine groups is 1. The number of anilines is 2. The first kappa shape index (κ1) is 17.3. The van der Waals surface area contributed by atoms with Gasteiger partial charge in [0.2, 0.25) is 0 Å². The van der Waals surface area contributed by atoms with Gasteiger partial charge >= 0.3 is 0 Å². The van der Waals surface area contributed by atoms with Crippen molar-refractivity contribution in [3.8, 4) is 0 Å². The van der Waals surface area contributed by atoms with Crippen molar-refractivity contribution in [3.63, 3.8) is 0 Å². The van der Waals surface area contributed by atoms with E-state index in [-0.39, 0.29) is 12.1 Å². The molecule has 1 fully saturated rings. The summed E-state index contributed by atoms with van der Waals surface area (Å²) in [5, 5.41) is 1.22. The number of ether oxygens (including phenoxy) is 1. The zero-order valence-corrected chi connectivity index (χ0v) is 14.7. The Morgan fingerprint density at radius 3 is 2.76 bits per heavy atom. The Labute approximate surface area is 147 Å². The lowest BCUT2D eigenvalue weighted by atomic mass is 10.2. The molecular formula is C18H22N4O3. The molecule has 1 atom stereocenters. The van der Waals surface area contributed by atoms with Crippen LogP contribution in [0.5, 0.6) is 0 Å². The van der Waals surface area contributed by atoms with Crippen LogP contribution in [0.3, 0.4) is 0 Å². The number of pyridine rings is 2. The van der Waals surface area contributed by atoms with Crippen molar-refractivity contribution < 1.29 is 14.4 Å². The molecule has 3 rings (SSSR count). The van der Waals surface area contributed by atoms with Crippen molar-refractivity contribution in [2.45, 2.75) is 26.0 Å². The number of carbonyl (C=O) groups excluding carboxylic acids is 1. The highest BCUT2D eigenvalue weighted by molar-refractivity contribution is 6.05. The van der Waals surface area contributed by atoms with Gasteiger partial charge in [0, 0.05) is 19.9 Å². The van der Waals surface area contributed by atoms with Crippen molar-refractivity contribution in [1.29, 1.82) is 0 Å². The highest BCUT2D eigenvalue weighted by atomic mass is 16.7. The van der Waals surface area contributed by atoms with Crippen LogP contribution in [0.1, 0.15) is 28.9 Å². The Bertz CT molecular complexity index is 729. The molecule has 1 unspecified atom stereocenters. The van der Waals surface area contributed by atoms with Gasteiger partial charge in [-0.3, -0.25) is 14.6 Å². The van der Waals surface area contributed by atoms with E-state index in [0.717, 1.165) is 25.3 Å². The minimum absolute atomic E-state index is 0.0524. The van der Waals surface area contributed by atoms with Gasteiger partial charge in [-0.25, -0.2) is 4.98 Å². The summed E-state index contributed by atoms with van der Waals surface area (Å²) in [7, 11) is 3.41. The zero-order chi connectivity index (χ0) is 17.8. The number of hydrogen-bond acceptors (Lipinski definition) is 6. The summed E-state index contributed by atoms with van der Waals surface area (Å²) >= 11 is 0. The molecule has 0 radical (unpaired) electrons. The smallest absolute Gasteiger partial charge is 0.284 e. The minimum atomic E-state index is -0.282. The number of amides is 1. The third-order valence-corrected chi connectivity index (χ3v) is 4.27. The first-order valence-corrected chi connectivity index (χ1v) is 8.22. The van der Waals surface area contributed by atoms with Crippen LogP contribution in [0, 0.1) is 6.92 Å². The first-order valence-electron chi connectivity index (χ1n) is 8.22. The quantitative estimate of drug-likeness (QED) is 0.778. The average Bonchev–Trinajstić information content (AvgIpc) is 3.17. The second-order valence-electron chi connectivity index (χ2n) is 5.87. The summed E-state index contributed by atoms with van der Waals surface area (Å²) < 4.78 is 5.67. The summed E-state index contributed by atoms with van der Waals surface area (Å²) in [6.07, 6.45) is 5.37. The van der Waals surface area contributed by atoms with Gasteiger partial charge in [0.05, 0.1) is 30.3 Å². The van der Waals surface area contributed by atoms with Crippen molar-refractivity contribution in [3.05, 3.63) is 47.9 Å². The van der Waals surface area contributed by atoms with Crippen molar-refractivity contribution in [1.82, 2.24) is 9.97 Å². The fourth-order valence-corrected chi connectivity index (χ4v) is 2.85. The second-order valence-corrected chi connectivity index (χ2v) is 5.87.